The van der Waals surface area contributed by atoms with Gasteiger partial charge in [0.2, 0.25) is 5.91 Å². The SMILES string of the molecule is CC(=O)N1C(CCN)CCCC1C(F)(F)F. The van der Waals surface area contributed by atoms with Gasteiger partial charge < -0.3 is 10.6 Å². The lowest BCUT2D eigenvalue weighted by atomic mass is 9.93. The van der Waals surface area contributed by atoms with Gasteiger partial charge >= 0.3 is 6.18 Å². The average Bonchev–Trinajstić information content (AvgIpc) is 2.16. The molecule has 2 N–H and O–H groups in total. The standard InChI is InChI=1S/C10H17F3N2O/c1-7(16)15-8(5-6-14)3-2-4-9(15)10(11,12)13/h8-9H,2-6,14H2,1H3. The molecule has 0 spiro atoms. The Morgan fingerprint density at radius 1 is 1.44 bits per heavy atom. The third kappa shape index (κ3) is 2.87. The Morgan fingerprint density at radius 2 is 2.06 bits per heavy atom. The summed E-state index contributed by atoms with van der Waals surface area (Å²) in [4.78, 5) is 12.3. The predicted octanol–water partition coefficient (Wildman–Crippen LogP) is 1.67. The molecular weight excluding hydrogens is 221 g/mol. The summed E-state index contributed by atoms with van der Waals surface area (Å²) >= 11 is 0. The Balaban J connectivity index is 2.86. The first kappa shape index (κ1) is 13.3. The summed E-state index contributed by atoms with van der Waals surface area (Å²) in [5.41, 5.74) is 5.36. The molecule has 1 saturated heterocycles. The van der Waals surface area contributed by atoms with Gasteiger partial charge in [0, 0.05) is 13.0 Å². The van der Waals surface area contributed by atoms with Crippen molar-refractivity contribution in [3.8, 4) is 0 Å². The van der Waals surface area contributed by atoms with E-state index < -0.39 is 18.1 Å². The molecule has 6 heteroatoms. The largest absolute Gasteiger partial charge is 0.408 e. The van der Waals surface area contributed by atoms with Gasteiger partial charge in [0.15, 0.2) is 0 Å². The van der Waals surface area contributed by atoms with Crippen molar-refractivity contribution in [2.45, 2.75) is 50.9 Å². The van der Waals surface area contributed by atoms with E-state index in [0.29, 0.717) is 25.8 Å². The van der Waals surface area contributed by atoms with Crippen LogP contribution in [0.5, 0.6) is 0 Å². The maximum Gasteiger partial charge on any atom is 0.408 e. The van der Waals surface area contributed by atoms with Gasteiger partial charge in [-0.25, -0.2) is 0 Å². The number of halogens is 3. The van der Waals surface area contributed by atoms with Crippen LogP contribution in [-0.2, 0) is 4.79 Å². The molecule has 0 saturated carbocycles. The van der Waals surface area contributed by atoms with Crippen LogP contribution in [0.15, 0.2) is 0 Å². The highest BCUT2D eigenvalue weighted by Crippen LogP contribution is 2.35. The molecular formula is C10H17F3N2O. The van der Waals surface area contributed by atoms with E-state index in [-0.39, 0.29) is 12.5 Å². The number of piperidine rings is 1. The highest BCUT2D eigenvalue weighted by molar-refractivity contribution is 5.74. The van der Waals surface area contributed by atoms with Crippen molar-refractivity contribution in [2.24, 2.45) is 5.73 Å². The first-order valence-electron chi connectivity index (χ1n) is 5.43. The van der Waals surface area contributed by atoms with Gasteiger partial charge in [-0.2, -0.15) is 13.2 Å². The number of hydrogen-bond acceptors (Lipinski definition) is 2. The lowest BCUT2D eigenvalue weighted by Crippen LogP contribution is -2.55. The number of nitrogens with zero attached hydrogens (tertiary/aromatic N) is 1. The van der Waals surface area contributed by atoms with Crippen molar-refractivity contribution in [3.63, 3.8) is 0 Å². The van der Waals surface area contributed by atoms with Gasteiger partial charge in [0.25, 0.3) is 0 Å². The fraction of sp³-hybridized carbons (Fsp3) is 0.900. The summed E-state index contributed by atoms with van der Waals surface area (Å²) in [6, 6.07) is -1.99. The van der Waals surface area contributed by atoms with Crippen molar-refractivity contribution >= 4 is 5.91 Å². The van der Waals surface area contributed by atoms with E-state index in [9.17, 15) is 18.0 Å². The number of alkyl halides is 3. The number of likely N-dealkylation sites (tertiary alicyclic amines) is 1. The van der Waals surface area contributed by atoms with Crippen LogP contribution in [0.4, 0.5) is 13.2 Å². The topological polar surface area (TPSA) is 46.3 Å². The number of nitrogens with two attached hydrogens (primary N) is 1. The van der Waals surface area contributed by atoms with Crippen LogP contribution >= 0.6 is 0 Å². The van der Waals surface area contributed by atoms with E-state index >= 15 is 0 Å². The summed E-state index contributed by atoms with van der Waals surface area (Å²) in [5, 5.41) is 0. The van der Waals surface area contributed by atoms with Gasteiger partial charge in [-0.15, -0.1) is 0 Å². The summed E-state index contributed by atoms with van der Waals surface area (Å²) in [5.74, 6) is -0.513. The Bertz CT molecular complexity index is 253. The Labute approximate surface area is 92.8 Å². The molecule has 0 aliphatic carbocycles. The number of carbonyl (C=O) groups excluding carboxylic acids is 1. The molecule has 2 atom stereocenters. The Kier molecular flexibility index (Phi) is 4.18. The van der Waals surface area contributed by atoms with Gasteiger partial charge in [0.05, 0.1) is 0 Å². The number of hydrogen-bond donors (Lipinski definition) is 1. The van der Waals surface area contributed by atoms with E-state index in [1.165, 1.54) is 6.92 Å². The van der Waals surface area contributed by atoms with Crippen molar-refractivity contribution in [1.29, 1.82) is 0 Å². The first-order chi connectivity index (χ1) is 7.38. The highest BCUT2D eigenvalue weighted by Gasteiger charge is 2.48. The third-order valence-electron chi connectivity index (χ3n) is 2.99. The quantitative estimate of drug-likeness (QED) is 0.795. The number of carbonyl (C=O) groups is 1. The lowest BCUT2D eigenvalue weighted by Gasteiger charge is -2.42. The van der Waals surface area contributed by atoms with Crippen molar-refractivity contribution in [1.82, 2.24) is 4.90 Å². The minimum atomic E-state index is -4.33. The summed E-state index contributed by atoms with van der Waals surface area (Å²) < 4.78 is 38.2. The smallest absolute Gasteiger partial charge is 0.330 e. The van der Waals surface area contributed by atoms with Gasteiger partial charge in [0.1, 0.15) is 6.04 Å². The molecule has 1 amide bonds. The summed E-state index contributed by atoms with van der Waals surface area (Å²) in [6.45, 7) is 1.49. The zero-order valence-corrected chi connectivity index (χ0v) is 9.26. The van der Waals surface area contributed by atoms with Crippen LogP contribution in [0.2, 0.25) is 0 Å². The van der Waals surface area contributed by atoms with Crippen LogP contribution in [-0.4, -0.2) is 35.6 Å². The fourth-order valence-corrected chi connectivity index (χ4v) is 2.35. The molecule has 0 aromatic carbocycles. The minimum absolute atomic E-state index is 0.00412. The van der Waals surface area contributed by atoms with Crippen LogP contribution in [0.3, 0.4) is 0 Å². The lowest BCUT2D eigenvalue weighted by molar-refractivity contribution is -0.202. The molecule has 1 aliphatic heterocycles. The van der Waals surface area contributed by atoms with Crippen molar-refractivity contribution < 1.29 is 18.0 Å². The monoisotopic (exact) mass is 238 g/mol. The summed E-state index contributed by atoms with van der Waals surface area (Å²) in [6.07, 6.45) is -2.78. The van der Waals surface area contributed by atoms with Crippen molar-refractivity contribution in [2.75, 3.05) is 6.54 Å². The molecule has 94 valence electrons. The van der Waals surface area contributed by atoms with Crippen molar-refractivity contribution in [3.05, 3.63) is 0 Å². The molecule has 0 radical (unpaired) electrons. The second-order valence-electron chi connectivity index (χ2n) is 4.15. The first-order valence-corrected chi connectivity index (χ1v) is 5.43. The van der Waals surface area contributed by atoms with E-state index in [2.05, 4.69) is 0 Å². The van der Waals surface area contributed by atoms with Crippen LogP contribution in [0.25, 0.3) is 0 Å². The van der Waals surface area contributed by atoms with Gasteiger partial charge in [-0.1, -0.05) is 0 Å². The van der Waals surface area contributed by atoms with Crippen LogP contribution in [0, 0.1) is 0 Å². The second kappa shape index (κ2) is 5.03. The van der Waals surface area contributed by atoms with E-state index in [4.69, 9.17) is 5.73 Å². The molecule has 0 aromatic heterocycles. The number of rotatable bonds is 2. The molecule has 16 heavy (non-hydrogen) atoms. The summed E-state index contributed by atoms with van der Waals surface area (Å²) in [7, 11) is 0. The zero-order valence-electron chi connectivity index (χ0n) is 9.26. The molecule has 1 rings (SSSR count). The molecule has 2 unspecified atom stereocenters. The van der Waals surface area contributed by atoms with Gasteiger partial charge in [-0.3, -0.25) is 4.79 Å². The van der Waals surface area contributed by atoms with E-state index in [1.807, 2.05) is 0 Å². The molecule has 1 aliphatic rings. The van der Waals surface area contributed by atoms with E-state index in [0.717, 1.165) is 4.90 Å². The molecule has 0 bridgehead atoms. The Hall–Kier alpha value is -0.780. The highest BCUT2D eigenvalue weighted by atomic mass is 19.4. The minimum Gasteiger partial charge on any atom is -0.330 e. The normalized spacial score (nSPS) is 26.9. The molecule has 3 nitrogen and oxygen atoms in total. The van der Waals surface area contributed by atoms with Gasteiger partial charge in [-0.05, 0) is 32.2 Å². The van der Waals surface area contributed by atoms with E-state index in [1.54, 1.807) is 0 Å². The molecule has 0 aromatic rings. The second-order valence-corrected chi connectivity index (χ2v) is 4.15. The zero-order chi connectivity index (χ0) is 12.3. The molecule has 1 heterocycles. The van der Waals surface area contributed by atoms with Crippen LogP contribution in [0.1, 0.15) is 32.6 Å². The third-order valence-corrected chi connectivity index (χ3v) is 2.99. The predicted molar refractivity (Wildman–Crippen MR) is 53.7 cm³/mol. The maximum atomic E-state index is 12.7. The number of amides is 1. The fourth-order valence-electron chi connectivity index (χ4n) is 2.35. The van der Waals surface area contributed by atoms with Crippen LogP contribution < -0.4 is 5.73 Å². The Morgan fingerprint density at radius 3 is 2.50 bits per heavy atom. The maximum absolute atomic E-state index is 12.7. The molecule has 1 fully saturated rings. The average molecular weight is 238 g/mol.